The molecule has 3 nitrogen and oxygen atoms in total. The van der Waals surface area contributed by atoms with Gasteiger partial charge in [-0.2, -0.15) is 12.6 Å². The Labute approximate surface area is 79.3 Å². The van der Waals surface area contributed by atoms with Gasteiger partial charge in [0.25, 0.3) is 0 Å². The van der Waals surface area contributed by atoms with Crippen LogP contribution in [-0.4, -0.2) is 25.0 Å². The number of unbranched alkanes of at least 4 members (excludes halogenated alkanes) is 1. The first-order chi connectivity index (χ1) is 5.81. The lowest BCUT2D eigenvalue weighted by Crippen LogP contribution is -2.25. The molecule has 1 N–H and O–H groups in total. The highest BCUT2D eigenvalue weighted by Crippen LogP contribution is 1.87. The van der Waals surface area contributed by atoms with E-state index in [1.54, 1.807) is 0 Å². The minimum absolute atomic E-state index is 0.315. The molecule has 0 aromatic carbocycles. The first-order valence-electron chi connectivity index (χ1n) is 4.32. The third kappa shape index (κ3) is 7.72. The van der Waals surface area contributed by atoms with E-state index in [1.165, 1.54) is 0 Å². The molecule has 0 saturated carbocycles. The van der Waals surface area contributed by atoms with Crippen LogP contribution < -0.4 is 5.32 Å². The number of alkyl carbamates (subject to hydrolysis) is 1. The summed E-state index contributed by atoms with van der Waals surface area (Å²) in [7, 11) is 0. The Morgan fingerprint density at radius 2 is 2.25 bits per heavy atom. The van der Waals surface area contributed by atoms with Gasteiger partial charge in [-0.05, 0) is 18.6 Å². The second kappa shape index (κ2) is 8.71. The fourth-order valence-corrected chi connectivity index (χ4v) is 0.777. The summed E-state index contributed by atoms with van der Waals surface area (Å²) in [4.78, 5) is 10.8. The maximum absolute atomic E-state index is 10.8. The standard InChI is InChI=1S/C8H17NO2S/c1-2-3-5-9-8(10)11-6-4-7-12/h12H,2-7H2,1H3,(H,9,10). The number of rotatable bonds is 6. The van der Waals surface area contributed by atoms with Gasteiger partial charge < -0.3 is 10.1 Å². The molecule has 0 atom stereocenters. The quantitative estimate of drug-likeness (QED) is 0.496. The molecule has 0 aromatic rings. The lowest BCUT2D eigenvalue weighted by molar-refractivity contribution is 0.146. The molecule has 0 spiro atoms. The van der Waals surface area contributed by atoms with Crippen LogP contribution in [0.4, 0.5) is 4.79 Å². The van der Waals surface area contributed by atoms with Crippen molar-refractivity contribution < 1.29 is 9.53 Å². The molecule has 0 radical (unpaired) electrons. The summed E-state index contributed by atoms with van der Waals surface area (Å²) in [6.45, 7) is 3.24. The third-order valence-corrected chi connectivity index (χ3v) is 1.65. The van der Waals surface area contributed by atoms with E-state index in [1.807, 2.05) is 0 Å². The van der Waals surface area contributed by atoms with Gasteiger partial charge in [-0.3, -0.25) is 0 Å². The Morgan fingerprint density at radius 1 is 1.50 bits per heavy atom. The molecule has 0 aliphatic heterocycles. The molecule has 0 fully saturated rings. The summed E-state index contributed by atoms with van der Waals surface area (Å²) in [5.41, 5.74) is 0. The summed E-state index contributed by atoms with van der Waals surface area (Å²) in [6.07, 6.45) is 2.58. The lowest BCUT2D eigenvalue weighted by atomic mass is 10.3. The highest BCUT2D eigenvalue weighted by atomic mass is 32.1. The molecule has 0 heterocycles. The largest absolute Gasteiger partial charge is 0.450 e. The predicted molar refractivity (Wildman–Crippen MR) is 52.7 cm³/mol. The molecule has 12 heavy (non-hydrogen) atoms. The van der Waals surface area contributed by atoms with Crippen LogP contribution in [0.25, 0.3) is 0 Å². The van der Waals surface area contributed by atoms with Gasteiger partial charge in [0.1, 0.15) is 0 Å². The molecule has 0 aliphatic rings. The van der Waals surface area contributed by atoms with E-state index in [4.69, 9.17) is 4.74 Å². The van der Waals surface area contributed by atoms with E-state index in [0.29, 0.717) is 13.2 Å². The molecule has 4 heteroatoms. The first-order valence-corrected chi connectivity index (χ1v) is 4.96. The monoisotopic (exact) mass is 191 g/mol. The Balaban J connectivity index is 3.10. The zero-order valence-corrected chi connectivity index (χ0v) is 8.40. The molecule has 0 aromatic heterocycles. The van der Waals surface area contributed by atoms with E-state index < -0.39 is 0 Å². The summed E-state index contributed by atoms with van der Waals surface area (Å²) < 4.78 is 4.83. The van der Waals surface area contributed by atoms with Crippen molar-refractivity contribution in [2.24, 2.45) is 0 Å². The van der Waals surface area contributed by atoms with E-state index in [-0.39, 0.29) is 6.09 Å². The molecule has 1 amide bonds. The number of carbonyl (C=O) groups excluding carboxylic acids is 1. The maximum atomic E-state index is 10.8. The molecule has 0 rings (SSSR count). The average Bonchev–Trinajstić information content (AvgIpc) is 2.06. The van der Waals surface area contributed by atoms with Crippen molar-refractivity contribution in [2.45, 2.75) is 26.2 Å². The van der Waals surface area contributed by atoms with E-state index in [2.05, 4.69) is 24.9 Å². The summed E-state index contributed by atoms with van der Waals surface area (Å²) in [6, 6.07) is 0. The summed E-state index contributed by atoms with van der Waals surface area (Å²) in [5.74, 6) is 0.752. The summed E-state index contributed by atoms with van der Waals surface area (Å²) >= 11 is 4.00. The number of hydrogen-bond acceptors (Lipinski definition) is 3. The van der Waals surface area contributed by atoms with Gasteiger partial charge in [0, 0.05) is 6.54 Å². The molecule has 0 saturated heterocycles. The van der Waals surface area contributed by atoms with Gasteiger partial charge >= 0.3 is 6.09 Å². The van der Waals surface area contributed by atoms with Crippen molar-refractivity contribution in [2.75, 3.05) is 18.9 Å². The van der Waals surface area contributed by atoms with Crippen LogP contribution in [0.5, 0.6) is 0 Å². The van der Waals surface area contributed by atoms with Gasteiger partial charge in [0.15, 0.2) is 0 Å². The van der Waals surface area contributed by atoms with Gasteiger partial charge in [-0.15, -0.1) is 0 Å². The van der Waals surface area contributed by atoms with Crippen LogP contribution in [-0.2, 0) is 4.74 Å². The van der Waals surface area contributed by atoms with Gasteiger partial charge in [-0.25, -0.2) is 4.79 Å². The topological polar surface area (TPSA) is 38.3 Å². The second-order valence-electron chi connectivity index (χ2n) is 2.49. The van der Waals surface area contributed by atoms with Gasteiger partial charge in [0.2, 0.25) is 0 Å². The van der Waals surface area contributed by atoms with Gasteiger partial charge in [-0.1, -0.05) is 13.3 Å². The van der Waals surface area contributed by atoms with Crippen LogP contribution in [0, 0.1) is 0 Å². The second-order valence-corrected chi connectivity index (χ2v) is 2.94. The molecule has 0 bridgehead atoms. The normalized spacial score (nSPS) is 9.50. The number of nitrogens with one attached hydrogen (secondary N) is 1. The zero-order valence-electron chi connectivity index (χ0n) is 7.51. The fourth-order valence-electron chi connectivity index (χ4n) is 0.648. The third-order valence-electron chi connectivity index (χ3n) is 1.34. The fraction of sp³-hybridized carbons (Fsp3) is 0.875. The molecule has 0 aliphatic carbocycles. The Kier molecular flexibility index (Phi) is 8.44. The molecule has 0 unspecified atom stereocenters. The van der Waals surface area contributed by atoms with E-state index in [0.717, 1.165) is 25.0 Å². The van der Waals surface area contributed by atoms with Crippen molar-refractivity contribution in [3.8, 4) is 0 Å². The number of thiol groups is 1. The number of ether oxygens (including phenoxy) is 1. The van der Waals surface area contributed by atoms with Crippen molar-refractivity contribution in [1.82, 2.24) is 5.32 Å². The van der Waals surface area contributed by atoms with Crippen LogP contribution in [0.3, 0.4) is 0 Å². The van der Waals surface area contributed by atoms with E-state index >= 15 is 0 Å². The van der Waals surface area contributed by atoms with E-state index in [9.17, 15) is 4.79 Å². The van der Waals surface area contributed by atoms with Crippen molar-refractivity contribution in [1.29, 1.82) is 0 Å². The van der Waals surface area contributed by atoms with Crippen LogP contribution in [0.2, 0.25) is 0 Å². The smallest absolute Gasteiger partial charge is 0.407 e. The Morgan fingerprint density at radius 3 is 2.83 bits per heavy atom. The predicted octanol–water partition coefficient (Wildman–Crippen LogP) is 1.83. The lowest BCUT2D eigenvalue weighted by Gasteiger charge is -2.04. The van der Waals surface area contributed by atoms with Gasteiger partial charge in [0.05, 0.1) is 6.61 Å². The highest BCUT2D eigenvalue weighted by molar-refractivity contribution is 7.80. The van der Waals surface area contributed by atoms with Crippen LogP contribution in [0.15, 0.2) is 0 Å². The summed E-state index contributed by atoms with van der Waals surface area (Å²) in [5, 5.41) is 2.66. The SMILES string of the molecule is CCCCNC(=O)OCCCS. The van der Waals surface area contributed by atoms with Crippen molar-refractivity contribution in [3.63, 3.8) is 0 Å². The Bertz CT molecular complexity index is 108. The molecular weight excluding hydrogens is 174 g/mol. The molecule has 72 valence electrons. The average molecular weight is 191 g/mol. The minimum atomic E-state index is -0.315. The number of carbonyl (C=O) groups is 1. The van der Waals surface area contributed by atoms with Crippen molar-refractivity contribution >= 4 is 18.7 Å². The zero-order chi connectivity index (χ0) is 9.23. The van der Waals surface area contributed by atoms with Crippen LogP contribution in [0.1, 0.15) is 26.2 Å². The number of hydrogen-bond donors (Lipinski definition) is 2. The number of amides is 1. The first kappa shape index (κ1) is 11.6. The highest BCUT2D eigenvalue weighted by Gasteiger charge is 1.98. The van der Waals surface area contributed by atoms with Crippen molar-refractivity contribution in [3.05, 3.63) is 0 Å². The molecular formula is C8H17NO2S. The Hall–Kier alpha value is -0.380. The van der Waals surface area contributed by atoms with Crippen LogP contribution >= 0.6 is 12.6 Å². The maximum Gasteiger partial charge on any atom is 0.407 e. The minimum Gasteiger partial charge on any atom is -0.450 e.